The normalized spacial score (nSPS) is 11.1. The molecule has 0 N–H and O–H groups in total. The molecule has 2 aromatic rings. The maximum absolute atomic E-state index is 6.07. The molecule has 24 heavy (non-hydrogen) atoms. The van der Waals surface area contributed by atoms with Gasteiger partial charge in [-0.15, -0.1) is 0 Å². The van der Waals surface area contributed by atoms with Crippen LogP contribution in [0.1, 0.15) is 24.5 Å². The molecule has 5 heteroatoms. The molecular formula is C19H22BrIN2O. The van der Waals surface area contributed by atoms with E-state index in [1.54, 1.807) is 0 Å². The zero-order chi connectivity index (χ0) is 17.7. The Morgan fingerprint density at radius 1 is 1.17 bits per heavy atom. The molecule has 0 aliphatic rings. The van der Waals surface area contributed by atoms with Crippen LogP contribution < -0.4 is 4.74 Å². The lowest BCUT2D eigenvalue weighted by Gasteiger charge is -2.13. The van der Waals surface area contributed by atoms with E-state index < -0.39 is 0 Å². The van der Waals surface area contributed by atoms with Crippen molar-refractivity contribution in [1.82, 2.24) is 4.90 Å². The first-order chi connectivity index (χ1) is 11.4. The smallest absolute Gasteiger partial charge is 0.130 e. The lowest BCUT2D eigenvalue weighted by molar-refractivity contribution is 0.478. The molecular weight excluding hydrogens is 479 g/mol. The minimum Gasteiger partial charge on any atom is -0.457 e. The van der Waals surface area contributed by atoms with Crippen molar-refractivity contribution < 1.29 is 4.74 Å². The lowest BCUT2D eigenvalue weighted by atomic mass is 10.1. The Bertz CT molecular complexity index is 726. The van der Waals surface area contributed by atoms with E-state index in [1.165, 1.54) is 0 Å². The monoisotopic (exact) mass is 500 g/mol. The molecule has 2 rings (SSSR count). The lowest BCUT2D eigenvalue weighted by Crippen LogP contribution is -2.16. The number of nitrogens with zero attached hydrogens (tertiary/aromatic N) is 2. The van der Waals surface area contributed by atoms with Crippen LogP contribution in [0.5, 0.6) is 11.5 Å². The molecule has 0 amide bonds. The van der Waals surface area contributed by atoms with E-state index in [0.29, 0.717) is 0 Å². The van der Waals surface area contributed by atoms with Crippen molar-refractivity contribution in [1.29, 1.82) is 0 Å². The van der Waals surface area contributed by atoms with E-state index in [1.807, 2.05) is 32.4 Å². The van der Waals surface area contributed by atoms with Crippen molar-refractivity contribution in [3.63, 3.8) is 0 Å². The second kappa shape index (κ2) is 8.85. The van der Waals surface area contributed by atoms with Gasteiger partial charge < -0.3 is 9.64 Å². The number of hydrogen-bond donors (Lipinski definition) is 0. The molecule has 0 radical (unpaired) electrons. The van der Waals surface area contributed by atoms with Crippen LogP contribution in [0.3, 0.4) is 0 Å². The molecule has 128 valence electrons. The Morgan fingerprint density at radius 3 is 2.58 bits per heavy atom. The molecule has 2 aromatic carbocycles. The molecule has 0 aliphatic carbocycles. The van der Waals surface area contributed by atoms with Crippen molar-refractivity contribution in [3.05, 3.63) is 49.5 Å². The first kappa shape index (κ1) is 19.2. The quantitative estimate of drug-likeness (QED) is 0.258. The standard InChI is InChI=1S/C19H22BrIN2O/c1-5-6-23(4)12-22-18-7-14(3)19(8-13(18)2)24-17-10-15(20)9-16(21)11-17/h7-12H,5-6H2,1-4H3/b22-12+. The number of rotatable bonds is 6. The number of aryl methyl sites for hydroxylation is 2. The van der Waals surface area contributed by atoms with Gasteiger partial charge in [-0.3, -0.25) is 0 Å². The molecule has 0 aromatic heterocycles. The van der Waals surface area contributed by atoms with Crippen molar-refractivity contribution in [2.75, 3.05) is 13.6 Å². The Balaban J connectivity index is 2.23. The maximum Gasteiger partial charge on any atom is 0.130 e. The van der Waals surface area contributed by atoms with Gasteiger partial charge in [0.05, 0.1) is 12.0 Å². The van der Waals surface area contributed by atoms with Crippen molar-refractivity contribution >= 4 is 50.5 Å². The molecule has 0 heterocycles. The van der Waals surface area contributed by atoms with Gasteiger partial charge in [-0.1, -0.05) is 22.9 Å². The van der Waals surface area contributed by atoms with Gasteiger partial charge >= 0.3 is 0 Å². The molecule has 0 fully saturated rings. The van der Waals surface area contributed by atoms with E-state index in [4.69, 9.17) is 4.74 Å². The molecule has 3 nitrogen and oxygen atoms in total. The van der Waals surface area contributed by atoms with Crippen LogP contribution in [-0.2, 0) is 0 Å². The highest BCUT2D eigenvalue weighted by molar-refractivity contribution is 14.1. The predicted molar refractivity (Wildman–Crippen MR) is 114 cm³/mol. The van der Waals surface area contributed by atoms with Crippen LogP contribution in [0.25, 0.3) is 0 Å². The van der Waals surface area contributed by atoms with E-state index in [-0.39, 0.29) is 0 Å². The topological polar surface area (TPSA) is 24.8 Å². The third kappa shape index (κ3) is 5.48. The first-order valence-corrected chi connectivity index (χ1v) is 9.76. The van der Waals surface area contributed by atoms with E-state index in [2.05, 4.69) is 80.5 Å². The molecule has 0 spiro atoms. The summed E-state index contributed by atoms with van der Waals surface area (Å²) >= 11 is 5.79. The predicted octanol–water partition coefficient (Wildman–Crippen LogP) is 6.46. The van der Waals surface area contributed by atoms with Crippen LogP contribution in [0, 0.1) is 17.4 Å². The number of aliphatic imine (C=N–C) groups is 1. The van der Waals surface area contributed by atoms with E-state index in [0.717, 1.165) is 49.3 Å². The molecule has 0 saturated carbocycles. The summed E-state index contributed by atoms with van der Waals surface area (Å²) < 4.78 is 8.22. The van der Waals surface area contributed by atoms with Crippen molar-refractivity contribution in [2.24, 2.45) is 4.99 Å². The van der Waals surface area contributed by atoms with Crippen molar-refractivity contribution in [2.45, 2.75) is 27.2 Å². The minimum absolute atomic E-state index is 0.829. The van der Waals surface area contributed by atoms with Crippen LogP contribution >= 0.6 is 38.5 Å². The molecule has 0 bridgehead atoms. The largest absolute Gasteiger partial charge is 0.457 e. The summed E-state index contributed by atoms with van der Waals surface area (Å²) in [7, 11) is 2.04. The summed E-state index contributed by atoms with van der Waals surface area (Å²) in [5.41, 5.74) is 3.15. The third-order valence-electron chi connectivity index (χ3n) is 3.53. The van der Waals surface area contributed by atoms with Gasteiger partial charge in [0.2, 0.25) is 0 Å². The highest BCUT2D eigenvalue weighted by atomic mass is 127. The van der Waals surface area contributed by atoms with Crippen molar-refractivity contribution in [3.8, 4) is 11.5 Å². The van der Waals surface area contributed by atoms with Gasteiger partial charge in [0.25, 0.3) is 0 Å². The number of hydrogen-bond acceptors (Lipinski definition) is 2. The Labute approximate surface area is 166 Å². The van der Waals surface area contributed by atoms with Gasteiger partial charge in [-0.25, -0.2) is 4.99 Å². The Hall–Kier alpha value is -1.08. The highest BCUT2D eigenvalue weighted by Crippen LogP contribution is 2.33. The van der Waals surface area contributed by atoms with Crippen LogP contribution in [-0.4, -0.2) is 24.8 Å². The second-order valence-electron chi connectivity index (χ2n) is 5.84. The Kier molecular flexibility index (Phi) is 7.10. The first-order valence-electron chi connectivity index (χ1n) is 7.88. The van der Waals surface area contributed by atoms with Gasteiger partial charge in [0.1, 0.15) is 11.5 Å². The van der Waals surface area contributed by atoms with Gasteiger partial charge in [-0.2, -0.15) is 0 Å². The SMILES string of the molecule is CCCN(C)/C=N/c1cc(C)c(Oc2cc(Br)cc(I)c2)cc1C. The summed E-state index contributed by atoms with van der Waals surface area (Å²) in [6, 6.07) is 10.2. The summed E-state index contributed by atoms with van der Waals surface area (Å²) in [6.07, 6.45) is 3.00. The second-order valence-corrected chi connectivity index (χ2v) is 8.00. The van der Waals surface area contributed by atoms with Crippen LogP contribution in [0.4, 0.5) is 5.69 Å². The average Bonchev–Trinajstić information content (AvgIpc) is 2.48. The maximum atomic E-state index is 6.07. The van der Waals surface area contributed by atoms with Gasteiger partial charge in [0, 0.05) is 21.6 Å². The average molecular weight is 501 g/mol. The third-order valence-corrected chi connectivity index (χ3v) is 4.61. The number of halogens is 2. The highest BCUT2D eigenvalue weighted by Gasteiger charge is 2.07. The number of ether oxygens (including phenoxy) is 1. The zero-order valence-electron chi connectivity index (χ0n) is 14.4. The zero-order valence-corrected chi connectivity index (χ0v) is 18.2. The molecule has 0 atom stereocenters. The fourth-order valence-electron chi connectivity index (χ4n) is 2.31. The van der Waals surface area contributed by atoms with E-state index >= 15 is 0 Å². The summed E-state index contributed by atoms with van der Waals surface area (Å²) in [5, 5.41) is 0. The van der Waals surface area contributed by atoms with Crippen LogP contribution in [0.15, 0.2) is 39.8 Å². The number of benzene rings is 2. The minimum atomic E-state index is 0.829. The molecule has 0 saturated heterocycles. The summed E-state index contributed by atoms with van der Waals surface area (Å²) in [6.45, 7) is 7.27. The summed E-state index contributed by atoms with van der Waals surface area (Å²) in [5.74, 6) is 1.69. The fraction of sp³-hybridized carbons (Fsp3) is 0.316. The van der Waals surface area contributed by atoms with Gasteiger partial charge in [-0.05, 0) is 84.3 Å². The van der Waals surface area contributed by atoms with E-state index in [9.17, 15) is 0 Å². The summed E-state index contributed by atoms with van der Waals surface area (Å²) in [4.78, 5) is 6.70. The molecule has 0 unspecified atom stereocenters. The van der Waals surface area contributed by atoms with Gasteiger partial charge in [0.15, 0.2) is 0 Å². The fourth-order valence-corrected chi connectivity index (χ4v) is 3.85. The molecule has 0 aliphatic heterocycles. The Morgan fingerprint density at radius 2 is 1.92 bits per heavy atom. The van der Waals surface area contributed by atoms with Crippen LogP contribution in [0.2, 0.25) is 0 Å².